The zero-order valence-corrected chi connectivity index (χ0v) is 27.4. The van der Waals surface area contributed by atoms with Gasteiger partial charge in [-0.2, -0.15) is 8.78 Å². The first-order valence-corrected chi connectivity index (χ1v) is 15.7. The number of aliphatic hydroxyl groups excluding tert-OH is 1. The summed E-state index contributed by atoms with van der Waals surface area (Å²) in [5.41, 5.74) is 3.80. The van der Waals surface area contributed by atoms with Gasteiger partial charge in [0, 0.05) is 39.4 Å². The maximum absolute atomic E-state index is 12.4. The molecule has 2 aliphatic rings. The van der Waals surface area contributed by atoms with Crippen LogP contribution in [0.15, 0.2) is 60.2 Å². The lowest BCUT2D eigenvalue weighted by Gasteiger charge is -2.37. The van der Waals surface area contributed by atoms with Crippen molar-refractivity contribution in [3.8, 4) is 5.75 Å². The highest BCUT2D eigenvalue weighted by Gasteiger charge is 2.34. The van der Waals surface area contributed by atoms with Gasteiger partial charge in [0.25, 0.3) is 0 Å². The van der Waals surface area contributed by atoms with Crippen molar-refractivity contribution in [3.63, 3.8) is 0 Å². The molecule has 2 saturated carbocycles. The summed E-state index contributed by atoms with van der Waals surface area (Å²) in [6.45, 7) is 18.0. The van der Waals surface area contributed by atoms with Gasteiger partial charge in [-0.1, -0.05) is 103 Å². The van der Waals surface area contributed by atoms with Gasteiger partial charge in [-0.3, -0.25) is 4.79 Å². The van der Waals surface area contributed by atoms with Crippen molar-refractivity contribution in [1.29, 1.82) is 0 Å². The van der Waals surface area contributed by atoms with Crippen molar-refractivity contribution < 1.29 is 24.8 Å². The lowest BCUT2D eigenvalue weighted by molar-refractivity contribution is -0.159. The van der Waals surface area contributed by atoms with Gasteiger partial charge < -0.3 is 15.2 Å². The zero-order chi connectivity index (χ0) is 31.9. The fraction of sp³-hybridized carbons (Fsp3) is 0.639. The molecule has 2 unspecified atom stereocenters. The van der Waals surface area contributed by atoms with E-state index in [4.69, 9.17) is 5.11 Å². The second-order valence-corrected chi connectivity index (χ2v) is 12.6. The third-order valence-electron chi connectivity index (χ3n) is 8.08. The maximum Gasteiger partial charge on any atom is 0.394 e. The van der Waals surface area contributed by atoms with Crippen molar-refractivity contribution >= 4 is 5.78 Å². The third-order valence-corrected chi connectivity index (χ3v) is 8.08. The summed E-state index contributed by atoms with van der Waals surface area (Å²) in [6, 6.07) is 7.02. The van der Waals surface area contributed by atoms with Gasteiger partial charge in [-0.05, 0) is 67.7 Å². The number of benzene rings is 1. The molecule has 2 atom stereocenters. The highest BCUT2D eigenvalue weighted by molar-refractivity contribution is 5.87. The van der Waals surface area contributed by atoms with Crippen LogP contribution < -0.4 is 10.1 Å². The van der Waals surface area contributed by atoms with Crippen LogP contribution >= 0.6 is 0 Å². The molecule has 4 nitrogen and oxygen atoms in total. The number of aliphatic hydroxyl groups is 1. The molecule has 240 valence electrons. The molecule has 0 aliphatic heterocycles. The second kappa shape index (κ2) is 18.4. The van der Waals surface area contributed by atoms with E-state index in [1.807, 2.05) is 19.1 Å². The van der Waals surface area contributed by atoms with E-state index in [1.165, 1.54) is 55.7 Å². The molecule has 0 radical (unpaired) electrons. The Morgan fingerprint density at radius 2 is 1.79 bits per heavy atom. The number of hydrogen-bond acceptors (Lipinski definition) is 4. The number of allylic oxidation sites excluding steroid dienone is 3. The van der Waals surface area contributed by atoms with Crippen molar-refractivity contribution in [2.24, 2.45) is 17.8 Å². The third kappa shape index (κ3) is 12.9. The Morgan fingerprint density at radius 3 is 2.29 bits per heavy atom. The number of carbonyl (C=O) groups excluding carboxylic acids is 1. The Morgan fingerprint density at radius 1 is 1.17 bits per heavy atom. The summed E-state index contributed by atoms with van der Waals surface area (Å²) in [6.07, 6.45) is 13.6. The monoisotopic (exact) mass is 591 g/mol. The zero-order valence-electron chi connectivity index (χ0n) is 27.4. The van der Waals surface area contributed by atoms with Crippen LogP contribution in [-0.2, 0) is 11.2 Å². The largest absolute Gasteiger partial charge is 0.433 e. The first-order chi connectivity index (χ1) is 19.8. The van der Waals surface area contributed by atoms with E-state index in [0.29, 0.717) is 30.1 Å². The van der Waals surface area contributed by atoms with Gasteiger partial charge in [0.05, 0.1) is 0 Å². The fourth-order valence-corrected chi connectivity index (χ4v) is 6.04. The van der Waals surface area contributed by atoms with Crippen LogP contribution in [0.25, 0.3) is 0 Å². The number of halogens is 2. The Bertz CT molecular complexity index is 1020. The van der Waals surface area contributed by atoms with E-state index in [1.54, 1.807) is 12.1 Å². The highest BCUT2D eigenvalue weighted by atomic mass is 19.3. The summed E-state index contributed by atoms with van der Waals surface area (Å²) < 4.78 is 29.3. The van der Waals surface area contributed by atoms with E-state index >= 15 is 0 Å². The second-order valence-electron chi connectivity index (χ2n) is 12.6. The van der Waals surface area contributed by atoms with Crippen molar-refractivity contribution in [2.75, 3.05) is 7.11 Å². The van der Waals surface area contributed by atoms with Crippen molar-refractivity contribution in [1.82, 2.24) is 5.32 Å². The molecule has 1 aromatic rings. The van der Waals surface area contributed by atoms with Crippen molar-refractivity contribution in [2.45, 2.75) is 124 Å². The average Bonchev–Trinajstić information content (AvgIpc) is 3.15. The van der Waals surface area contributed by atoms with Gasteiger partial charge in [0.2, 0.25) is 0 Å². The van der Waals surface area contributed by atoms with Crippen LogP contribution in [0.1, 0.15) is 107 Å². The fourth-order valence-electron chi connectivity index (χ4n) is 6.04. The topological polar surface area (TPSA) is 58.6 Å². The van der Waals surface area contributed by atoms with Gasteiger partial charge in [-0.25, -0.2) is 0 Å². The molecule has 0 spiro atoms. The Balaban J connectivity index is 0.000000927. The number of Topliss-reactive ketones (excluding diaryl/α,β-unsaturated/α-hetero) is 1. The molecule has 2 aliphatic carbocycles. The molecule has 0 heterocycles. The van der Waals surface area contributed by atoms with E-state index < -0.39 is 6.11 Å². The molecule has 6 heteroatoms. The minimum atomic E-state index is -3.10. The number of carbonyl (C=O) groups is 1. The highest BCUT2D eigenvalue weighted by Crippen LogP contribution is 2.36. The molecular weight excluding hydrogens is 532 g/mol. The maximum atomic E-state index is 12.4. The smallest absolute Gasteiger partial charge is 0.394 e. The van der Waals surface area contributed by atoms with Crippen molar-refractivity contribution in [3.05, 3.63) is 65.8 Å². The summed E-state index contributed by atoms with van der Waals surface area (Å²) >= 11 is 0. The average molecular weight is 592 g/mol. The minimum Gasteiger partial charge on any atom is -0.433 e. The van der Waals surface area contributed by atoms with Crippen LogP contribution in [0.5, 0.6) is 5.75 Å². The quantitative estimate of drug-likeness (QED) is 0.210. The van der Waals surface area contributed by atoms with E-state index in [0.717, 1.165) is 32.4 Å². The molecule has 2 fully saturated rings. The first kappa shape index (κ1) is 37.7. The molecule has 3 rings (SSSR count). The molecular formula is C36H59F2NO3. The lowest BCUT2D eigenvalue weighted by atomic mass is 9.84. The van der Waals surface area contributed by atoms with Crippen LogP contribution in [0.4, 0.5) is 8.78 Å². The molecule has 0 aromatic heterocycles. The molecule has 0 amide bonds. The number of alkyl halides is 2. The standard InChI is InChI=1S/C25H41NO.C10H12F2O.CH4O.H2/c1-7-12-21(17-20-13-14-22(27)23(20)18(2)3)24(19(4)5)26-25(6)15-10-8-9-11-16-25;1-3-8-5-4-6-9(7-8)13-10(2,11)12;1-2;/h7,12,17-19,23-24,26H,1,8-11,13-16H2,2-6H3;4-7H,3H2,1-2H3;2H,1H3;1H/b20-17+,21-12+;;;. The normalized spacial score (nSPS) is 20.8. The molecule has 42 heavy (non-hydrogen) atoms. The molecule has 0 bridgehead atoms. The summed E-state index contributed by atoms with van der Waals surface area (Å²) in [5.74, 6) is 1.59. The Labute approximate surface area is 256 Å². The van der Waals surface area contributed by atoms with E-state index in [2.05, 4.69) is 63.4 Å². The summed E-state index contributed by atoms with van der Waals surface area (Å²) in [4.78, 5) is 12.4. The van der Waals surface area contributed by atoms with Gasteiger partial charge in [0.1, 0.15) is 11.5 Å². The number of ketones is 1. The molecule has 2 N–H and O–H groups in total. The minimum absolute atomic E-state index is 0. The first-order valence-electron chi connectivity index (χ1n) is 15.7. The van der Waals surface area contributed by atoms with Gasteiger partial charge in [-0.15, -0.1) is 0 Å². The van der Waals surface area contributed by atoms with Gasteiger partial charge in [0.15, 0.2) is 0 Å². The Kier molecular flexibility index (Phi) is 16.5. The number of aryl methyl sites for hydroxylation is 1. The predicted molar refractivity (Wildman–Crippen MR) is 174 cm³/mol. The van der Waals surface area contributed by atoms with E-state index in [9.17, 15) is 13.6 Å². The number of nitrogens with one attached hydrogen (secondary N) is 1. The van der Waals surface area contributed by atoms with Crippen LogP contribution in [-0.4, -0.2) is 35.7 Å². The molecule has 1 aromatic carbocycles. The van der Waals surface area contributed by atoms with E-state index in [-0.39, 0.29) is 18.6 Å². The molecule has 0 saturated heterocycles. The summed E-state index contributed by atoms with van der Waals surface area (Å²) in [5, 5.41) is 11.0. The summed E-state index contributed by atoms with van der Waals surface area (Å²) in [7, 11) is 1.00. The number of ether oxygens (including phenoxy) is 1. The number of rotatable bonds is 10. The van der Waals surface area contributed by atoms with Gasteiger partial charge >= 0.3 is 6.11 Å². The predicted octanol–water partition coefficient (Wildman–Crippen LogP) is 9.48. The van der Waals surface area contributed by atoms with Crippen LogP contribution in [0, 0.1) is 17.8 Å². The van der Waals surface area contributed by atoms with Crippen LogP contribution in [0.2, 0.25) is 0 Å². The Hall–Kier alpha value is -2.31. The van der Waals surface area contributed by atoms with Crippen LogP contribution in [0.3, 0.4) is 0 Å². The SMILES string of the molecule is C=C/C=C(\C=C1/CCC(=O)C1C(C)C)C(NC1(C)CCCCCC1)C(C)C.CCc1cccc(OC(C)(F)F)c1.CO.[HH]. The lowest BCUT2D eigenvalue weighted by Crippen LogP contribution is -2.50. The number of hydrogen-bond donors (Lipinski definition) is 2.